The normalized spacial score (nSPS) is 20.3. The summed E-state index contributed by atoms with van der Waals surface area (Å²) in [6, 6.07) is 5.44. The van der Waals surface area contributed by atoms with Crippen LogP contribution in [-0.2, 0) is 18.3 Å². The lowest BCUT2D eigenvalue weighted by Crippen LogP contribution is -2.35. The highest BCUT2D eigenvalue weighted by Gasteiger charge is 2.34. The van der Waals surface area contributed by atoms with Gasteiger partial charge in [-0.1, -0.05) is 23.2 Å². The van der Waals surface area contributed by atoms with Crippen molar-refractivity contribution in [2.45, 2.75) is 12.3 Å². The summed E-state index contributed by atoms with van der Waals surface area (Å²) in [5, 5.41) is 11.8. The van der Waals surface area contributed by atoms with E-state index in [1.54, 1.807) is 10.7 Å². The van der Waals surface area contributed by atoms with Crippen LogP contribution in [0.15, 0.2) is 30.6 Å². The van der Waals surface area contributed by atoms with Gasteiger partial charge in [0.05, 0.1) is 12.1 Å². The van der Waals surface area contributed by atoms with Crippen LogP contribution in [0.25, 0.3) is 0 Å². The van der Waals surface area contributed by atoms with E-state index in [1.165, 1.54) is 0 Å². The summed E-state index contributed by atoms with van der Waals surface area (Å²) in [5.74, 6) is 0.165. The van der Waals surface area contributed by atoms with Crippen molar-refractivity contribution < 1.29 is 4.79 Å². The van der Waals surface area contributed by atoms with Crippen molar-refractivity contribution in [1.29, 1.82) is 0 Å². The van der Waals surface area contributed by atoms with E-state index < -0.39 is 0 Å². The highest BCUT2D eigenvalue weighted by atomic mass is 35.5. The van der Waals surface area contributed by atoms with E-state index in [0.717, 1.165) is 17.7 Å². The lowest BCUT2D eigenvalue weighted by molar-refractivity contribution is -0.124. The molecule has 2 atom stereocenters. The number of hydrogen-bond donors (Lipinski definition) is 2. The van der Waals surface area contributed by atoms with Gasteiger partial charge in [0.1, 0.15) is 0 Å². The Bertz CT molecular complexity index is 711. The summed E-state index contributed by atoms with van der Waals surface area (Å²) in [7, 11) is 1.89. The zero-order valence-corrected chi connectivity index (χ0v) is 14.9. The summed E-state index contributed by atoms with van der Waals surface area (Å²) >= 11 is 12.0. The Labute approximate surface area is 151 Å². The molecule has 128 valence electrons. The molecule has 1 aliphatic heterocycles. The summed E-state index contributed by atoms with van der Waals surface area (Å²) in [5.41, 5.74) is 2.12. The average Bonchev–Trinajstić information content (AvgIpc) is 3.14. The van der Waals surface area contributed by atoms with Crippen LogP contribution >= 0.6 is 23.2 Å². The van der Waals surface area contributed by atoms with Crippen LogP contribution in [0.1, 0.15) is 17.0 Å². The monoisotopic (exact) mass is 366 g/mol. The molecule has 1 amide bonds. The number of aryl methyl sites for hydroxylation is 1. The fraction of sp³-hybridized carbons (Fsp3) is 0.412. The lowest BCUT2D eigenvalue weighted by Gasteiger charge is -2.17. The molecule has 1 fully saturated rings. The Hall–Kier alpha value is -1.56. The number of rotatable bonds is 5. The number of benzene rings is 1. The minimum Gasteiger partial charge on any atom is -0.355 e. The molecule has 24 heavy (non-hydrogen) atoms. The quantitative estimate of drug-likeness (QED) is 0.853. The summed E-state index contributed by atoms with van der Waals surface area (Å²) in [6.45, 7) is 2.05. The van der Waals surface area contributed by atoms with Gasteiger partial charge in [-0.3, -0.25) is 9.48 Å². The van der Waals surface area contributed by atoms with E-state index >= 15 is 0 Å². The number of halogens is 2. The molecule has 7 heteroatoms. The third-order valence-electron chi connectivity index (χ3n) is 4.34. The summed E-state index contributed by atoms with van der Waals surface area (Å²) < 4.78 is 1.77. The van der Waals surface area contributed by atoms with Gasteiger partial charge in [-0.15, -0.1) is 0 Å². The second-order valence-corrected chi connectivity index (χ2v) is 7.01. The highest BCUT2D eigenvalue weighted by molar-refractivity contribution is 6.34. The third-order valence-corrected chi connectivity index (χ3v) is 4.78. The Balaban J connectivity index is 1.56. The zero-order valence-electron chi connectivity index (χ0n) is 13.4. The van der Waals surface area contributed by atoms with E-state index in [0.29, 0.717) is 29.6 Å². The number of amides is 1. The number of aromatic nitrogens is 2. The van der Waals surface area contributed by atoms with Crippen molar-refractivity contribution in [3.05, 3.63) is 51.8 Å². The molecule has 2 aromatic rings. The van der Waals surface area contributed by atoms with Gasteiger partial charge >= 0.3 is 0 Å². The first kappa shape index (κ1) is 17.3. The molecule has 0 unspecified atom stereocenters. The SMILES string of the molecule is Cn1cc([C@H]2CNC[C@@H]2C(=O)NCCc2cc(Cl)cc(Cl)c2)cn1. The first-order valence-corrected chi connectivity index (χ1v) is 8.70. The third kappa shape index (κ3) is 4.09. The number of carbonyl (C=O) groups excluding carboxylic acids is 1. The Morgan fingerprint density at radius 3 is 2.75 bits per heavy atom. The van der Waals surface area contributed by atoms with Crippen molar-refractivity contribution in [3.63, 3.8) is 0 Å². The molecule has 0 aliphatic carbocycles. The molecule has 3 rings (SSSR count). The van der Waals surface area contributed by atoms with Crippen LogP contribution in [-0.4, -0.2) is 35.3 Å². The van der Waals surface area contributed by atoms with Crippen LogP contribution in [0.2, 0.25) is 10.0 Å². The number of hydrogen-bond acceptors (Lipinski definition) is 3. The summed E-state index contributed by atoms with van der Waals surface area (Å²) in [6.07, 6.45) is 4.52. The van der Waals surface area contributed by atoms with Crippen LogP contribution < -0.4 is 10.6 Å². The van der Waals surface area contributed by atoms with Crippen LogP contribution in [0.5, 0.6) is 0 Å². The van der Waals surface area contributed by atoms with Crippen LogP contribution in [0.3, 0.4) is 0 Å². The van der Waals surface area contributed by atoms with Gasteiger partial charge < -0.3 is 10.6 Å². The minimum atomic E-state index is -0.0721. The maximum atomic E-state index is 12.5. The van der Waals surface area contributed by atoms with Gasteiger partial charge in [0, 0.05) is 48.8 Å². The molecule has 0 bridgehead atoms. The zero-order chi connectivity index (χ0) is 17.1. The molecule has 2 heterocycles. The second kappa shape index (κ2) is 7.55. The molecular weight excluding hydrogens is 347 g/mol. The number of carbonyl (C=O) groups is 1. The van der Waals surface area contributed by atoms with E-state index in [4.69, 9.17) is 23.2 Å². The van der Waals surface area contributed by atoms with E-state index in [1.807, 2.05) is 31.6 Å². The maximum Gasteiger partial charge on any atom is 0.225 e. The summed E-state index contributed by atoms with van der Waals surface area (Å²) in [4.78, 5) is 12.5. The molecule has 1 aliphatic rings. The Morgan fingerprint density at radius 2 is 2.08 bits per heavy atom. The number of nitrogens with zero attached hydrogens (tertiary/aromatic N) is 2. The van der Waals surface area contributed by atoms with E-state index in [2.05, 4.69) is 15.7 Å². The molecule has 1 aromatic heterocycles. The molecular formula is C17H20Cl2N4O. The Kier molecular flexibility index (Phi) is 5.43. The van der Waals surface area contributed by atoms with Crippen LogP contribution in [0.4, 0.5) is 0 Å². The lowest BCUT2D eigenvalue weighted by atomic mass is 9.90. The van der Waals surface area contributed by atoms with Crippen molar-refractivity contribution in [2.75, 3.05) is 19.6 Å². The van der Waals surface area contributed by atoms with Gasteiger partial charge in [0.25, 0.3) is 0 Å². The first-order valence-electron chi connectivity index (χ1n) is 7.95. The topological polar surface area (TPSA) is 59.0 Å². The second-order valence-electron chi connectivity index (χ2n) is 6.14. The van der Waals surface area contributed by atoms with Crippen molar-refractivity contribution in [2.24, 2.45) is 13.0 Å². The van der Waals surface area contributed by atoms with Crippen molar-refractivity contribution >= 4 is 29.1 Å². The molecule has 0 spiro atoms. The highest BCUT2D eigenvalue weighted by Crippen LogP contribution is 2.27. The fourth-order valence-corrected chi connectivity index (χ4v) is 3.72. The molecule has 1 saturated heterocycles. The van der Waals surface area contributed by atoms with Gasteiger partial charge in [0.15, 0.2) is 0 Å². The largest absolute Gasteiger partial charge is 0.355 e. The molecule has 1 aromatic carbocycles. The van der Waals surface area contributed by atoms with Gasteiger partial charge in [-0.25, -0.2) is 0 Å². The van der Waals surface area contributed by atoms with E-state index in [9.17, 15) is 4.79 Å². The van der Waals surface area contributed by atoms with Crippen molar-refractivity contribution in [3.8, 4) is 0 Å². The minimum absolute atomic E-state index is 0.0713. The average molecular weight is 367 g/mol. The van der Waals surface area contributed by atoms with Crippen LogP contribution in [0, 0.1) is 5.92 Å². The molecule has 0 saturated carbocycles. The molecule has 5 nitrogen and oxygen atoms in total. The first-order chi connectivity index (χ1) is 11.5. The van der Waals surface area contributed by atoms with Crippen molar-refractivity contribution in [1.82, 2.24) is 20.4 Å². The predicted octanol–water partition coefficient (Wildman–Crippen LogP) is 2.39. The molecule has 2 N–H and O–H groups in total. The van der Waals surface area contributed by atoms with Gasteiger partial charge in [0.2, 0.25) is 5.91 Å². The standard InChI is InChI=1S/C17H20Cl2N4O/c1-23-10-12(7-22-23)15-8-20-9-16(15)17(24)21-3-2-11-4-13(18)6-14(19)5-11/h4-7,10,15-16,20H,2-3,8-9H2,1H3,(H,21,24)/t15-,16+/m1/s1. The smallest absolute Gasteiger partial charge is 0.225 e. The Morgan fingerprint density at radius 1 is 1.33 bits per heavy atom. The number of nitrogens with one attached hydrogen (secondary N) is 2. The van der Waals surface area contributed by atoms with E-state index in [-0.39, 0.29) is 17.7 Å². The van der Waals surface area contributed by atoms with Gasteiger partial charge in [-0.05, 0) is 35.7 Å². The molecule has 0 radical (unpaired) electrons. The maximum absolute atomic E-state index is 12.5. The fourth-order valence-electron chi connectivity index (χ4n) is 3.15. The predicted molar refractivity (Wildman–Crippen MR) is 95.5 cm³/mol. The van der Waals surface area contributed by atoms with Gasteiger partial charge in [-0.2, -0.15) is 5.10 Å².